The number of benzene rings is 1. The van der Waals surface area contributed by atoms with Crippen molar-refractivity contribution in [2.75, 3.05) is 0 Å². The molecule has 2 heterocycles. The Morgan fingerprint density at radius 1 is 1.12 bits per heavy atom. The van der Waals surface area contributed by atoms with E-state index >= 15 is 0 Å². The summed E-state index contributed by atoms with van der Waals surface area (Å²) in [5.41, 5.74) is 1.45. The average Bonchev–Trinajstić information content (AvgIpc) is 3.10. The summed E-state index contributed by atoms with van der Waals surface area (Å²) in [7, 11) is 0. The van der Waals surface area contributed by atoms with Crippen molar-refractivity contribution in [3.8, 4) is 17.3 Å². The zero-order valence-electron chi connectivity index (χ0n) is 13.2. The van der Waals surface area contributed by atoms with E-state index in [-0.39, 0.29) is 24.6 Å². The van der Waals surface area contributed by atoms with Crippen molar-refractivity contribution < 1.29 is 17.6 Å². The molecule has 0 amide bonds. The molecule has 3 aromatic rings. The molecule has 0 atom stereocenters. The zero-order chi connectivity index (χ0) is 18.0. The van der Waals surface area contributed by atoms with Crippen LogP contribution in [0.5, 0.6) is 0 Å². The molecule has 0 spiro atoms. The molecule has 0 fully saturated rings. The lowest BCUT2D eigenvalue weighted by atomic mass is 10.3. The summed E-state index contributed by atoms with van der Waals surface area (Å²) in [4.78, 5) is 13.1. The Hall–Kier alpha value is -2.91. The van der Waals surface area contributed by atoms with E-state index in [0.29, 0.717) is 11.4 Å². The van der Waals surface area contributed by atoms with E-state index in [1.54, 1.807) is 19.1 Å². The summed E-state index contributed by atoms with van der Waals surface area (Å²) in [5, 5.41) is 12.4. The second kappa shape index (κ2) is 6.54. The Morgan fingerprint density at radius 2 is 1.84 bits per heavy atom. The minimum absolute atomic E-state index is 0.0725. The first-order valence-corrected chi connectivity index (χ1v) is 7.48. The molecule has 1 aromatic carbocycles. The molecule has 2 aromatic heterocycles. The van der Waals surface area contributed by atoms with Crippen LogP contribution in [0.15, 0.2) is 39.5 Å². The average molecular weight is 353 g/mol. The third kappa shape index (κ3) is 3.95. The highest BCUT2D eigenvalue weighted by molar-refractivity contribution is 5.49. The predicted octanol–water partition coefficient (Wildman–Crippen LogP) is 2.73. The number of rotatable bonds is 5. The van der Waals surface area contributed by atoms with Gasteiger partial charge >= 0.3 is 11.9 Å². The molecule has 0 unspecified atom stereocenters. The van der Waals surface area contributed by atoms with Crippen LogP contribution in [0.1, 0.15) is 18.5 Å². The first-order valence-electron chi connectivity index (χ1n) is 7.48. The van der Waals surface area contributed by atoms with E-state index in [4.69, 9.17) is 4.42 Å². The highest BCUT2D eigenvalue weighted by Gasteiger charge is 2.26. The molecule has 0 aliphatic heterocycles. The van der Waals surface area contributed by atoms with E-state index < -0.39 is 18.4 Å². The summed E-state index contributed by atoms with van der Waals surface area (Å²) in [6, 6.07) is 9.10. The molecule has 0 aliphatic rings. The van der Waals surface area contributed by atoms with Crippen LogP contribution in [0.25, 0.3) is 17.3 Å². The molecule has 0 N–H and O–H groups in total. The van der Waals surface area contributed by atoms with Gasteiger partial charge in [-0.2, -0.15) is 27.7 Å². The molecular weight excluding hydrogens is 339 g/mol. The maximum atomic E-state index is 12.2. The lowest BCUT2D eigenvalue weighted by Gasteiger charge is -2.04. The van der Waals surface area contributed by atoms with E-state index in [1.807, 2.05) is 18.2 Å². The fraction of sp³-hybridized carbons (Fsp3) is 0.333. The smallest absolute Gasteiger partial charge is 0.386 e. The third-order valence-corrected chi connectivity index (χ3v) is 3.41. The molecule has 3 rings (SSSR count). The van der Waals surface area contributed by atoms with Gasteiger partial charge in [0.2, 0.25) is 0 Å². The number of hydrogen-bond acceptors (Lipinski definition) is 5. The van der Waals surface area contributed by atoms with Gasteiger partial charge in [0, 0.05) is 13.0 Å². The van der Waals surface area contributed by atoms with Crippen molar-refractivity contribution in [2.24, 2.45) is 0 Å². The van der Waals surface area contributed by atoms with Crippen LogP contribution < -0.4 is 5.76 Å². The third-order valence-electron chi connectivity index (χ3n) is 3.41. The molecule has 10 heteroatoms. The summed E-state index contributed by atoms with van der Waals surface area (Å²) in [6.07, 6.45) is -5.53. The van der Waals surface area contributed by atoms with Crippen LogP contribution in [0, 0.1) is 6.92 Å². The highest BCUT2D eigenvalue weighted by atomic mass is 19.4. The largest absolute Gasteiger partial charge is 0.437 e. The van der Waals surface area contributed by atoms with Gasteiger partial charge in [-0.15, -0.1) is 10.2 Å². The molecule has 25 heavy (non-hydrogen) atoms. The maximum absolute atomic E-state index is 12.2. The molecule has 0 saturated heterocycles. The van der Waals surface area contributed by atoms with Crippen molar-refractivity contribution in [3.63, 3.8) is 0 Å². The predicted molar refractivity (Wildman–Crippen MR) is 81.1 cm³/mol. The standard InChI is InChI=1S/C15H14F3N5O2/c1-10-12(20-23(19-10)11-6-3-2-4-7-11)13-21-22(14(24)25-13)9-5-8-15(16,17)18/h2-4,6-7H,5,8-9H2,1H3. The molecule has 0 bridgehead atoms. The molecular formula is C15H14F3N5O2. The fourth-order valence-corrected chi connectivity index (χ4v) is 2.23. The fourth-order valence-electron chi connectivity index (χ4n) is 2.23. The van der Waals surface area contributed by atoms with Crippen LogP contribution >= 0.6 is 0 Å². The minimum atomic E-state index is -4.27. The van der Waals surface area contributed by atoms with Crippen molar-refractivity contribution >= 4 is 0 Å². The van der Waals surface area contributed by atoms with E-state index in [1.165, 1.54) is 4.80 Å². The SMILES string of the molecule is Cc1nn(-c2ccccc2)nc1-c1nn(CCCC(F)(F)F)c(=O)o1. The first-order chi connectivity index (χ1) is 11.8. The first kappa shape index (κ1) is 16.9. The van der Waals surface area contributed by atoms with Gasteiger partial charge in [0.15, 0.2) is 5.69 Å². The molecule has 0 aliphatic carbocycles. The number of aryl methyl sites for hydroxylation is 2. The zero-order valence-corrected chi connectivity index (χ0v) is 13.2. The number of halogens is 3. The van der Waals surface area contributed by atoms with E-state index in [9.17, 15) is 18.0 Å². The molecule has 0 saturated carbocycles. The maximum Gasteiger partial charge on any atom is 0.437 e. The second-order valence-corrected chi connectivity index (χ2v) is 5.37. The number of hydrogen-bond donors (Lipinski definition) is 0. The van der Waals surface area contributed by atoms with Gasteiger partial charge in [-0.1, -0.05) is 18.2 Å². The molecule has 7 nitrogen and oxygen atoms in total. The van der Waals surface area contributed by atoms with Gasteiger partial charge in [-0.25, -0.2) is 4.79 Å². The number of nitrogens with zero attached hydrogens (tertiary/aromatic N) is 5. The Morgan fingerprint density at radius 3 is 2.52 bits per heavy atom. The van der Waals surface area contributed by atoms with Crippen molar-refractivity contribution in [1.29, 1.82) is 0 Å². The van der Waals surface area contributed by atoms with Crippen molar-refractivity contribution in [2.45, 2.75) is 32.5 Å². The van der Waals surface area contributed by atoms with Crippen LogP contribution in [-0.4, -0.2) is 31.0 Å². The Labute approximate surface area is 139 Å². The summed E-state index contributed by atoms with van der Waals surface area (Å²) in [5.74, 6) is -0.900. The summed E-state index contributed by atoms with van der Waals surface area (Å²) in [6.45, 7) is 1.48. The lowest BCUT2D eigenvalue weighted by molar-refractivity contribution is -0.136. The highest BCUT2D eigenvalue weighted by Crippen LogP contribution is 2.22. The van der Waals surface area contributed by atoms with E-state index in [2.05, 4.69) is 15.3 Å². The van der Waals surface area contributed by atoms with Gasteiger partial charge in [0.05, 0.1) is 11.4 Å². The molecule has 132 valence electrons. The van der Waals surface area contributed by atoms with E-state index in [0.717, 1.165) is 4.68 Å². The van der Waals surface area contributed by atoms with Crippen LogP contribution in [0.2, 0.25) is 0 Å². The van der Waals surface area contributed by atoms with Gasteiger partial charge in [0.25, 0.3) is 5.89 Å². The summed E-state index contributed by atoms with van der Waals surface area (Å²) < 4.78 is 42.5. The quantitative estimate of drug-likeness (QED) is 0.705. The van der Waals surface area contributed by atoms with Crippen LogP contribution in [-0.2, 0) is 6.54 Å². The van der Waals surface area contributed by atoms with Crippen molar-refractivity contribution in [1.82, 2.24) is 24.8 Å². The Balaban J connectivity index is 1.82. The second-order valence-electron chi connectivity index (χ2n) is 5.37. The van der Waals surface area contributed by atoms with Gasteiger partial charge in [0.1, 0.15) is 0 Å². The number of alkyl halides is 3. The normalized spacial score (nSPS) is 11.8. The summed E-state index contributed by atoms with van der Waals surface area (Å²) >= 11 is 0. The monoisotopic (exact) mass is 353 g/mol. The lowest BCUT2D eigenvalue weighted by Crippen LogP contribution is -2.17. The Kier molecular flexibility index (Phi) is 4.43. The van der Waals surface area contributed by atoms with Crippen LogP contribution in [0.3, 0.4) is 0 Å². The Bertz CT molecular complexity index is 911. The van der Waals surface area contributed by atoms with Gasteiger partial charge < -0.3 is 4.42 Å². The van der Waals surface area contributed by atoms with Gasteiger partial charge in [-0.05, 0) is 25.5 Å². The van der Waals surface area contributed by atoms with Crippen molar-refractivity contribution in [3.05, 3.63) is 46.6 Å². The van der Waals surface area contributed by atoms with Gasteiger partial charge in [-0.3, -0.25) is 0 Å². The van der Waals surface area contributed by atoms with Crippen LogP contribution in [0.4, 0.5) is 13.2 Å². The molecule has 0 radical (unpaired) electrons. The number of para-hydroxylation sites is 1. The number of aromatic nitrogens is 5. The minimum Gasteiger partial charge on any atom is -0.386 e. The topological polar surface area (TPSA) is 78.7 Å².